The van der Waals surface area contributed by atoms with E-state index >= 15 is 0 Å². The van der Waals surface area contributed by atoms with Crippen LogP contribution in [0.1, 0.15) is 6.92 Å². The maximum absolute atomic E-state index is 11.6. The second-order valence-corrected chi connectivity index (χ2v) is 4.14. The molecule has 8 heteroatoms. The summed E-state index contributed by atoms with van der Waals surface area (Å²) in [6, 6.07) is 2.60. The zero-order valence-electron chi connectivity index (χ0n) is 10.5. The topological polar surface area (TPSA) is 88.7 Å². The highest BCUT2D eigenvalue weighted by Gasteiger charge is 2.14. The third-order valence-corrected chi connectivity index (χ3v) is 2.77. The summed E-state index contributed by atoms with van der Waals surface area (Å²) in [5.41, 5.74) is 5.61. The van der Waals surface area contributed by atoms with Crippen LogP contribution < -0.4 is 21.1 Å². The van der Waals surface area contributed by atoms with Gasteiger partial charge in [0.05, 0.1) is 17.3 Å². The van der Waals surface area contributed by atoms with Gasteiger partial charge in [0.2, 0.25) is 0 Å². The summed E-state index contributed by atoms with van der Waals surface area (Å²) in [5.74, 6) is 0.409. The van der Waals surface area contributed by atoms with Gasteiger partial charge in [-0.05, 0) is 19.1 Å². The number of carbonyl (C=O) groups is 1. The van der Waals surface area contributed by atoms with Crippen LogP contribution in [0.15, 0.2) is 17.1 Å². The Bertz CT molecular complexity index is 506. The van der Waals surface area contributed by atoms with Gasteiger partial charge in [0.25, 0.3) is 0 Å². The van der Waals surface area contributed by atoms with Gasteiger partial charge < -0.3 is 15.8 Å². The molecule has 0 atom stereocenters. The molecule has 0 spiro atoms. The number of nitrogens with two attached hydrogens (primary N) is 1. The first-order chi connectivity index (χ1) is 8.99. The Morgan fingerprint density at radius 3 is 2.74 bits per heavy atom. The molecule has 0 saturated carbocycles. The Balaban J connectivity index is 2.94. The second kappa shape index (κ2) is 7.06. The number of aliphatic imine (C=N–C) groups is 1. The van der Waals surface area contributed by atoms with Crippen molar-refractivity contribution in [3.63, 3.8) is 0 Å². The van der Waals surface area contributed by atoms with Crippen molar-refractivity contribution in [2.75, 3.05) is 19.0 Å². The maximum atomic E-state index is 11.6. The van der Waals surface area contributed by atoms with Crippen LogP contribution >= 0.6 is 23.2 Å². The van der Waals surface area contributed by atoms with Gasteiger partial charge >= 0.3 is 6.03 Å². The molecule has 0 aliphatic heterocycles. The molecule has 0 aliphatic rings. The summed E-state index contributed by atoms with van der Waals surface area (Å²) in [4.78, 5) is 15.2. The molecule has 1 aromatic rings. The Kier molecular flexibility index (Phi) is 5.72. The molecule has 104 valence electrons. The third-order valence-electron chi connectivity index (χ3n) is 2.08. The van der Waals surface area contributed by atoms with Gasteiger partial charge in [-0.2, -0.15) is 0 Å². The molecule has 0 radical (unpaired) electrons. The van der Waals surface area contributed by atoms with Gasteiger partial charge in [0.15, 0.2) is 5.96 Å². The minimum atomic E-state index is -0.597. The molecule has 6 nitrogen and oxygen atoms in total. The summed E-state index contributed by atoms with van der Waals surface area (Å²) < 4.78 is 5.31. The quantitative estimate of drug-likeness (QED) is 0.592. The van der Waals surface area contributed by atoms with Gasteiger partial charge in [-0.1, -0.05) is 23.2 Å². The van der Waals surface area contributed by atoms with E-state index in [1.54, 1.807) is 12.1 Å². The molecule has 0 unspecified atom stereocenters. The van der Waals surface area contributed by atoms with E-state index in [4.69, 9.17) is 33.7 Å². The van der Waals surface area contributed by atoms with E-state index < -0.39 is 6.03 Å². The molecule has 0 aliphatic carbocycles. The number of nitrogens with one attached hydrogen (secondary N) is 2. The van der Waals surface area contributed by atoms with Crippen molar-refractivity contribution in [3.05, 3.63) is 22.2 Å². The predicted octanol–water partition coefficient (Wildman–Crippen LogP) is 2.46. The van der Waals surface area contributed by atoms with Crippen molar-refractivity contribution in [2.24, 2.45) is 10.7 Å². The highest BCUT2D eigenvalue weighted by Crippen LogP contribution is 2.37. The molecule has 19 heavy (non-hydrogen) atoms. The van der Waals surface area contributed by atoms with Crippen LogP contribution in [0.2, 0.25) is 10.0 Å². The van der Waals surface area contributed by atoms with Gasteiger partial charge in [0.1, 0.15) is 10.8 Å². The van der Waals surface area contributed by atoms with E-state index in [1.807, 2.05) is 6.92 Å². The Morgan fingerprint density at radius 2 is 2.16 bits per heavy atom. The number of guanidine groups is 1. The molecule has 0 aromatic heterocycles. The number of rotatable bonds is 3. The number of amides is 2. The normalized spacial score (nSPS) is 11.1. The molecule has 0 saturated heterocycles. The molecule has 1 aromatic carbocycles. The van der Waals surface area contributed by atoms with Gasteiger partial charge in [-0.3, -0.25) is 10.3 Å². The third kappa shape index (κ3) is 4.18. The first kappa shape index (κ1) is 15.4. The highest BCUT2D eigenvalue weighted by atomic mass is 35.5. The zero-order valence-corrected chi connectivity index (χ0v) is 12.0. The number of ether oxygens (including phenoxy) is 1. The van der Waals surface area contributed by atoms with Crippen LogP contribution in [0, 0.1) is 0 Å². The Morgan fingerprint density at radius 1 is 1.47 bits per heavy atom. The average molecular weight is 305 g/mol. The highest BCUT2D eigenvalue weighted by molar-refractivity contribution is 6.40. The first-order valence-corrected chi connectivity index (χ1v) is 6.16. The minimum absolute atomic E-state index is 0.0225. The van der Waals surface area contributed by atoms with Crippen molar-refractivity contribution in [1.29, 1.82) is 0 Å². The average Bonchev–Trinajstić information content (AvgIpc) is 2.38. The number of carbonyl (C=O) groups excluding carboxylic acids is 1. The summed E-state index contributed by atoms with van der Waals surface area (Å²) in [5, 5.41) is 5.30. The van der Waals surface area contributed by atoms with Crippen molar-refractivity contribution in [1.82, 2.24) is 5.32 Å². The predicted molar refractivity (Wildman–Crippen MR) is 77.3 cm³/mol. The van der Waals surface area contributed by atoms with Gasteiger partial charge in [0, 0.05) is 7.05 Å². The smallest absolute Gasteiger partial charge is 0.326 e. The molecule has 0 heterocycles. The van der Waals surface area contributed by atoms with Crippen molar-refractivity contribution < 1.29 is 9.53 Å². The number of benzene rings is 1. The van der Waals surface area contributed by atoms with Crippen molar-refractivity contribution in [2.45, 2.75) is 6.92 Å². The van der Waals surface area contributed by atoms with E-state index in [0.717, 1.165) is 0 Å². The molecule has 0 bridgehead atoms. The van der Waals surface area contributed by atoms with Crippen LogP contribution in [-0.4, -0.2) is 25.6 Å². The lowest BCUT2D eigenvalue weighted by Gasteiger charge is -2.13. The monoisotopic (exact) mass is 304 g/mol. The van der Waals surface area contributed by atoms with Gasteiger partial charge in [-0.15, -0.1) is 0 Å². The molecule has 4 N–H and O–H groups in total. The van der Waals surface area contributed by atoms with Crippen LogP contribution in [0.5, 0.6) is 5.75 Å². The Hall–Kier alpha value is -1.66. The van der Waals surface area contributed by atoms with Gasteiger partial charge in [-0.25, -0.2) is 4.79 Å². The van der Waals surface area contributed by atoms with Crippen LogP contribution in [0.3, 0.4) is 0 Å². The lowest BCUT2D eigenvalue weighted by molar-refractivity contribution is 0.256. The number of hydrogen-bond donors (Lipinski definition) is 3. The first-order valence-electron chi connectivity index (χ1n) is 5.40. The lowest BCUT2D eigenvalue weighted by Crippen LogP contribution is -2.39. The van der Waals surface area contributed by atoms with E-state index in [9.17, 15) is 4.79 Å². The summed E-state index contributed by atoms with van der Waals surface area (Å²) in [6.07, 6.45) is 0. The summed E-state index contributed by atoms with van der Waals surface area (Å²) in [7, 11) is 1.45. The van der Waals surface area contributed by atoms with Crippen LogP contribution in [0.25, 0.3) is 0 Å². The summed E-state index contributed by atoms with van der Waals surface area (Å²) >= 11 is 12.1. The lowest BCUT2D eigenvalue weighted by atomic mass is 10.3. The molecule has 1 rings (SSSR count). The maximum Gasteiger partial charge on any atom is 0.326 e. The number of halogens is 2. The fourth-order valence-corrected chi connectivity index (χ4v) is 1.75. The number of anilines is 1. The minimum Gasteiger partial charge on any atom is -0.492 e. The molecular weight excluding hydrogens is 291 g/mol. The number of urea groups is 1. The second-order valence-electron chi connectivity index (χ2n) is 3.36. The molecule has 0 fully saturated rings. The fraction of sp³-hybridized carbons (Fsp3) is 0.273. The SMILES string of the molecule is CCOc1ccc(Cl)c(NC(=O)NC(N)=NC)c1Cl. The van der Waals surface area contributed by atoms with E-state index in [1.165, 1.54) is 7.05 Å². The largest absolute Gasteiger partial charge is 0.492 e. The van der Waals surface area contributed by atoms with E-state index in [-0.39, 0.29) is 21.7 Å². The van der Waals surface area contributed by atoms with Crippen LogP contribution in [0.4, 0.5) is 10.5 Å². The van der Waals surface area contributed by atoms with E-state index in [2.05, 4.69) is 15.6 Å². The standard InChI is InChI=1S/C11H14Cl2N4O2/c1-3-19-7-5-4-6(12)9(8(7)13)16-11(18)17-10(14)15-2/h4-5H,3H2,1-2H3,(H4,14,15,16,17,18). The van der Waals surface area contributed by atoms with Crippen molar-refractivity contribution >= 4 is 40.9 Å². The molecular formula is C11H14Cl2N4O2. The zero-order chi connectivity index (χ0) is 14.4. The number of nitrogens with zero attached hydrogens (tertiary/aromatic N) is 1. The fourth-order valence-electron chi connectivity index (χ4n) is 1.23. The van der Waals surface area contributed by atoms with Crippen LogP contribution in [-0.2, 0) is 0 Å². The molecule has 2 amide bonds. The number of hydrogen-bond acceptors (Lipinski definition) is 3. The van der Waals surface area contributed by atoms with E-state index in [0.29, 0.717) is 12.4 Å². The Labute approximate surface area is 120 Å². The van der Waals surface area contributed by atoms with Crippen molar-refractivity contribution in [3.8, 4) is 5.75 Å². The summed E-state index contributed by atoms with van der Waals surface area (Å²) in [6.45, 7) is 2.27.